The second kappa shape index (κ2) is 9.23. The molecule has 0 saturated carbocycles. The number of nitrogens with zero attached hydrogens (tertiary/aromatic N) is 1. The standard InChI is InChI=1S/C23H15Cl2NO2S2/c24-17-9-7-15(8-10-17)14-28-20-6-1-3-16(11-20)12-21-22(27)26(23(29)30-21)19-5-2-4-18(25)13-19/h1-13H,14H2. The largest absolute Gasteiger partial charge is 0.489 e. The first-order valence-corrected chi connectivity index (χ1v) is 11.0. The van der Waals surface area contributed by atoms with Gasteiger partial charge in [-0.25, -0.2) is 0 Å². The zero-order valence-electron chi connectivity index (χ0n) is 15.5. The van der Waals surface area contributed by atoms with Gasteiger partial charge in [-0.2, -0.15) is 0 Å². The monoisotopic (exact) mass is 471 g/mol. The van der Waals surface area contributed by atoms with Gasteiger partial charge in [0.2, 0.25) is 0 Å². The molecule has 1 aliphatic rings. The van der Waals surface area contributed by atoms with E-state index in [0.717, 1.165) is 11.1 Å². The zero-order chi connectivity index (χ0) is 21.1. The molecule has 1 fully saturated rings. The summed E-state index contributed by atoms with van der Waals surface area (Å²) in [7, 11) is 0. The number of thiocarbonyl (C=S) groups is 1. The highest BCUT2D eigenvalue weighted by molar-refractivity contribution is 8.27. The fraction of sp³-hybridized carbons (Fsp3) is 0.0435. The third-order valence-electron chi connectivity index (χ3n) is 4.33. The Kier molecular flexibility index (Phi) is 6.44. The van der Waals surface area contributed by atoms with Crippen molar-refractivity contribution >= 4 is 69.2 Å². The zero-order valence-corrected chi connectivity index (χ0v) is 18.7. The molecular formula is C23H15Cl2NO2S2. The Morgan fingerprint density at radius 1 is 0.967 bits per heavy atom. The van der Waals surface area contributed by atoms with Crippen LogP contribution in [0.25, 0.3) is 6.08 Å². The van der Waals surface area contributed by atoms with Crippen molar-refractivity contribution in [1.82, 2.24) is 0 Å². The fourth-order valence-corrected chi connectivity index (χ4v) is 4.51. The highest BCUT2D eigenvalue weighted by Crippen LogP contribution is 2.37. The Morgan fingerprint density at radius 2 is 1.73 bits per heavy atom. The predicted octanol–water partition coefficient (Wildman–Crippen LogP) is 6.98. The summed E-state index contributed by atoms with van der Waals surface area (Å²) < 4.78 is 6.35. The minimum absolute atomic E-state index is 0.167. The van der Waals surface area contributed by atoms with Gasteiger partial charge in [0.25, 0.3) is 5.91 Å². The summed E-state index contributed by atoms with van der Waals surface area (Å²) >= 11 is 18.7. The highest BCUT2D eigenvalue weighted by atomic mass is 35.5. The molecule has 4 rings (SSSR count). The van der Waals surface area contributed by atoms with E-state index in [4.69, 9.17) is 40.2 Å². The first-order chi connectivity index (χ1) is 14.5. The SMILES string of the molecule is O=C1C(=Cc2cccc(OCc3ccc(Cl)cc3)c2)SC(=S)N1c1cccc(Cl)c1. The third-order valence-corrected chi connectivity index (χ3v) is 6.12. The van der Waals surface area contributed by atoms with Crippen LogP contribution >= 0.6 is 47.2 Å². The number of carbonyl (C=O) groups excluding carboxylic acids is 1. The molecule has 0 aromatic heterocycles. The van der Waals surface area contributed by atoms with Gasteiger partial charge in [0.15, 0.2) is 4.32 Å². The van der Waals surface area contributed by atoms with E-state index in [0.29, 0.717) is 37.3 Å². The topological polar surface area (TPSA) is 29.5 Å². The van der Waals surface area contributed by atoms with Crippen LogP contribution in [0.3, 0.4) is 0 Å². The van der Waals surface area contributed by atoms with Crippen LogP contribution in [0.4, 0.5) is 5.69 Å². The average Bonchev–Trinajstić information content (AvgIpc) is 3.01. The van der Waals surface area contributed by atoms with E-state index in [2.05, 4.69) is 0 Å². The van der Waals surface area contributed by atoms with E-state index in [1.54, 1.807) is 18.2 Å². The van der Waals surface area contributed by atoms with Crippen LogP contribution in [-0.2, 0) is 11.4 Å². The molecule has 0 radical (unpaired) electrons. The number of carbonyl (C=O) groups is 1. The molecule has 1 heterocycles. The van der Waals surface area contributed by atoms with Gasteiger partial charge < -0.3 is 4.74 Å². The van der Waals surface area contributed by atoms with E-state index < -0.39 is 0 Å². The van der Waals surface area contributed by atoms with Gasteiger partial charge in [0, 0.05) is 10.0 Å². The summed E-state index contributed by atoms with van der Waals surface area (Å²) in [5.41, 5.74) is 2.54. The van der Waals surface area contributed by atoms with Gasteiger partial charge in [-0.15, -0.1) is 0 Å². The maximum Gasteiger partial charge on any atom is 0.270 e. The lowest BCUT2D eigenvalue weighted by atomic mass is 10.2. The summed E-state index contributed by atoms with van der Waals surface area (Å²) in [4.78, 5) is 15.0. The van der Waals surface area contributed by atoms with E-state index in [1.807, 2.05) is 60.7 Å². The lowest BCUT2D eigenvalue weighted by Crippen LogP contribution is -2.27. The molecule has 7 heteroatoms. The van der Waals surface area contributed by atoms with Crippen LogP contribution < -0.4 is 9.64 Å². The number of thioether (sulfide) groups is 1. The molecule has 0 aliphatic carbocycles. The Balaban J connectivity index is 1.50. The number of hydrogen-bond acceptors (Lipinski definition) is 4. The van der Waals surface area contributed by atoms with Crippen LogP contribution in [0.15, 0.2) is 77.7 Å². The molecule has 0 spiro atoms. The van der Waals surface area contributed by atoms with E-state index in [-0.39, 0.29) is 5.91 Å². The van der Waals surface area contributed by atoms with E-state index in [9.17, 15) is 4.79 Å². The van der Waals surface area contributed by atoms with Crippen molar-refractivity contribution in [2.45, 2.75) is 6.61 Å². The number of ether oxygens (including phenoxy) is 1. The summed E-state index contributed by atoms with van der Waals surface area (Å²) in [5, 5.41) is 1.24. The minimum Gasteiger partial charge on any atom is -0.489 e. The number of halogens is 2. The number of rotatable bonds is 5. The first-order valence-electron chi connectivity index (χ1n) is 9.00. The summed E-state index contributed by atoms with van der Waals surface area (Å²) in [5.74, 6) is 0.545. The second-order valence-corrected chi connectivity index (χ2v) is 9.03. The predicted molar refractivity (Wildman–Crippen MR) is 129 cm³/mol. The van der Waals surface area contributed by atoms with Gasteiger partial charge in [-0.1, -0.05) is 77.5 Å². The van der Waals surface area contributed by atoms with Crippen molar-refractivity contribution < 1.29 is 9.53 Å². The van der Waals surface area contributed by atoms with Gasteiger partial charge in [-0.05, 0) is 59.7 Å². The van der Waals surface area contributed by atoms with Crippen LogP contribution in [0.2, 0.25) is 10.0 Å². The lowest BCUT2D eigenvalue weighted by molar-refractivity contribution is -0.113. The molecule has 30 heavy (non-hydrogen) atoms. The normalized spacial score (nSPS) is 15.1. The molecule has 1 amide bonds. The highest BCUT2D eigenvalue weighted by Gasteiger charge is 2.33. The van der Waals surface area contributed by atoms with Crippen molar-refractivity contribution in [2.24, 2.45) is 0 Å². The molecule has 150 valence electrons. The van der Waals surface area contributed by atoms with Crippen LogP contribution in [-0.4, -0.2) is 10.2 Å². The fourth-order valence-electron chi connectivity index (χ4n) is 2.90. The van der Waals surface area contributed by atoms with E-state index in [1.165, 1.54) is 16.7 Å². The maximum absolute atomic E-state index is 12.9. The molecule has 3 aromatic carbocycles. The molecule has 0 unspecified atom stereocenters. The van der Waals surface area contributed by atoms with Crippen molar-refractivity contribution in [3.63, 3.8) is 0 Å². The maximum atomic E-state index is 12.9. The molecule has 0 N–H and O–H groups in total. The molecule has 3 nitrogen and oxygen atoms in total. The number of hydrogen-bond donors (Lipinski definition) is 0. The Hall–Kier alpha value is -2.31. The van der Waals surface area contributed by atoms with Crippen molar-refractivity contribution in [3.05, 3.63) is 98.9 Å². The lowest BCUT2D eigenvalue weighted by Gasteiger charge is -2.14. The number of benzene rings is 3. The molecule has 1 saturated heterocycles. The molecule has 1 aliphatic heterocycles. The van der Waals surface area contributed by atoms with Gasteiger partial charge >= 0.3 is 0 Å². The smallest absolute Gasteiger partial charge is 0.270 e. The summed E-state index contributed by atoms with van der Waals surface area (Å²) in [6.45, 7) is 0.428. The quantitative estimate of drug-likeness (QED) is 0.296. The van der Waals surface area contributed by atoms with Gasteiger partial charge in [-0.3, -0.25) is 9.69 Å². The van der Waals surface area contributed by atoms with Gasteiger partial charge in [0.1, 0.15) is 12.4 Å². The molecular weight excluding hydrogens is 457 g/mol. The third kappa shape index (κ3) is 4.87. The van der Waals surface area contributed by atoms with Crippen molar-refractivity contribution in [1.29, 1.82) is 0 Å². The minimum atomic E-state index is -0.167. The first kappa shape index (κ1) is 20.9. The second-order valence-electron chi connectivity index (χ2n) is 6.48. The van der Waals surface area contributed by atoms with Crippen LogP contribution in [0.5, 0.6) is 5.75 Å². The summed E-state index contributed by atoms with van der Waals surface area (Å²) in [6, 6.07) is 22.2. The Morgan fingerprint density at radius 3 is 2.50 bits per heavy atom. The van der Waals surface area contributed by atoms with Crippen molar-refractivity contribution in [2.75, 3.05) is 4.90 Å². The Labute approximate surface area is 194 Å². The molecule has 0 bridgehead atoms. The number of anilines is 1. The number of amides is 1. The van der Waals surface area contributed by atoms with Crippen molar-refractivity contribution in [3.8, 4) is 5.75 Å². The Bertz CT molecular complexity index is 1150. The van der Waals surface area contributed by atoms with E-state index >= 15 is 0 Å². The average molecular weight is 472 g/mol. The van der Waals surface area contributed by atoms with Crippen LogP contribution in [0.1, 0.15) is 11.1 Å². The molecule has 0 atom stereocenters. The summed E-state index contributed by atoms with van der Waals surface area (Å²) in [6.07, 6.45) is 1.82. The van der Waals surface area contributed by atoms with Gasteiger partial charge in [0.05, 0.1) is 10.6 Å². The van der Waals surface area contributed by atoms with Crippen LogP contribution in [0, 0.1) is 0 Å². The molecule has 3 aromatic rings.